The summed E-state index contributed by atoms with van der Waals surface area (Å²) in [6.07, 6.45) is 1.59. The number of benzene rings is 1. The molecular formula is C12H13F2N3. The van der Waals surface area contributed by atoms with Gasteiger partial charge in [-0.1, -0.05) is 0 Å². The Morgan fingerprint density at radius 1 is 1.29 bits per heavy atom. The maximum Gasteiger partial charge on any atom is 0.131 e. The number of nitrogens with two attached hydrogens (primary N) is 1. The van der Waals surface area contributed by atoms with Gasteiger partial charge in [-0.2, -0.15) is 5.10 Å². The lowest BCUT2D eigenvalue weighted by Gasteiger charge is -2.14. The van der Waals surface area contributed by atoms with Crippen LogP contribution in [0.3, 0.4) is 0 Å². The Hall–Kier alpha value is -1.75. The van der Waals surface area contributed by atoms with E-state index in [9.17, 15) is 8.78 Å². The number of halogens is 2. The largest absolute Gasteiger partial charge is 0.319 e. The van der Waals surface area contributed by atoms with Gasteiger partial charge in [-0.15, -0.1) is 0 Å². The van der Waals surface area contributed by atoms with Gasteiger partial charge in [-0.3, -0.25) is 4.68 Å². The van der Waals surface area contributed by atoms with E-state index in [1.807, 2.05) is 0 Å². The zero-order valence-corrected chi connectivity index (χ0v) is 9.61. The average molecular weight is 237 g/mol. The SMILES string of the molecule is Cc1cc(C(N)c2ccnn2C)c(F)cc1F. The van der Waals surface area contributed by atoms with Gasteiger partial charge in [0.15, 0.2) is 0 Å². The Morgan fingerprint density at radius 3 is 2.59 bits per heavy atom. The lowest BCUT2D eigenvalue weighted by Crippen LogP contribution is -2.17. The molecule has 1 unspecified atom stereocenters. The molecule has 2 N–H and O–H groups in total. The third kappa shape index (κ3) is 2.06. The fourth-order valence-electron chi connectivity index (χ4n) is 1.77. The summed E-state index contributed by atoms with van der Waals surface area (Å²) in [5.74, 6) is -1.20. The Labute approximate surface area is 97.9 Å². The van der Waals surface area contributed by atoms with Gasteiger partial charge in [0.2, 0.25) is 0 Å². The average Bonchev–Trinajstić information content (AvgIpc) is 2.69. The van der Waals surface area contributed by atoms with Crippen LogP contribution in [-0.4, -0.2) is 9.78 Å². The summed E-state index contributed by atoms with van der Waals surface area (Å²) >= 11 is 0. The summed E-state index contributed by atoms with van der Waals surface area (Å²) in [6, 6.07) is 3.35. The van der Waals surface area contributed by atoms with Crippen molar-refractivity contribution in [2.75, 3.05) is 0 Å². The molecule has 0 bridgehead atoms. The highest BCUT2D eigenvalue weighted by atomic mass is 19.1. The van der Waals surface area contributed by atoms with Crippen molar-refractivity contribution in [1.29, 1.82) is 0 Å². The lowest BCUT2D eigenvalue weighted by molar-refractivity contribution is 0.554. The van der Waals surface area contributed by atoms with Gasteiger partial charge in [-0.25, -0.2) is 8.78 Å². The van der Waals surface area contributed by atoms with Crippen molar-refractivity contribution >= 4 is 0 Å². The second-order valence-electron chi connectivity index (χ2n) is 3.98. The first-order chi connectivity index (χ1) is 8.00. The molecule has 0 aliphatic rings. The molecule has 0 saturated carbocycles. The molecule has 2 aromatic rings. The molecule has 1 heterocycles. The maximum absolute atomic E-state index is 13.7. The Kier molecular flexibility index (Phi) is 2.93. The molecule has 1 atom stereocenters. The molecule has 1 aromatic carbocycles. The number of rotatable bonds is 2. The van der Waals surface area contributed by atoms with Gasteiger partial charge in [-0.05, 0) is 24.6 Å². The zero-order valence-electron chi connectivity index (χ0n) is 9.61. The molecule has 2 rings (SSSR count). The lowest BCUT2D eigenvalue weighted by atomic mass is 10.0. The topological polar surface area (TPSA) is 43.8 Å². The van der Waals surface area contributed by atoms with Gasteiger partial charge in [0.1, 0.15) is 11.6 Å². The summed E-state index contributed by atoms with van der Waals surface area (Å²) in [6.45, 7) is 1.58. The van der Waals surface area contributed by atoms with Gasteiger partial charge < -0.3 is 5.73 Å². The molecular weight excluding hydrogens is 224 g/mol. The molecule has 0 spiro atoms. The highest BCUT2D eigenvalue weighted by molar-refractivity contribution is 5.32. The summed E-state index contributed by atoms with van der Waals surface area (Å²) in [5, 5.41) is 3.97. The van der Waals surface area contributed by atoms with Crippen LogP contribution in [0.5, 0.6) is 0 Å². The third-order valence-electron chi connectivity index (χ3n) is 2.79. The van der Waals surface area contributed by atoms with Crippen molar-refractivity contribution in [3.8, 4) is 0 Å². The van der Waals surface area contributed by atoms with Crippen molar-refractivity contribution in [2.24, 2.45) is 12.8 Å². The minimum atomic E-state index is -0.651. The quantitative estimate of drug-likeness (QED) is 0.868. The summed E-state index contributed by atoms with van der Waals surface area (Å²) in [7, 11) is 1.73. The first kappa shape index (κ1) is 11.7. The van der Waals surface area contributed by atoms with Gasteiger partial charge in [0.05, 0.1) is 11.7 Å². The molecule has 0 saturated heterocycles. The molecule has 5 heteroatoms. The van der Waals surface area contributed by atoms with E-state index in [-0.39, 0.29) is 5.56 Å². The molecule has 1 aromatic heterocycles. The van der Waals surface area contributed by atoms with E-state index in [0.717, 1.165) is 6.07 Å². The Morgan fingerprint density at radius 2 is 2.00 bits per heavy atom. The van der Waals surface area contributed by atoms with E-state index in [1.54, 1.807) is 30.9 Å². The van der Waals surface area contributed by atoms with E-state index in [4.69, 9.17) is 5.73 Å². The summed E-state index contributed by atoms with van der Waals surface area (Å²) in [4.78, 5) is 0. The summed E-state index contributed by atoms with van der Waals surface area (Å²) in [5.41, 5.74) is 7.28. The molecule has 0 fully saturated rings. The molecule has 0 amide bonds. The number of nitrogens with zero attached hydrogens (tertiary/aromatic N) is 2. The number of hydrogen-bond acceptors (Lipinski definition) is 2. The Balaban J connectivity index is 2.48. The van der Waals surface area contributed by atoms with Gasteiger partial charge in [0.25, 0.3) is 0 Å². The van der Waals surface area contributed by atoms with Gasteiger partial charge in [0, 0.05) is 24.9 Å². The number of aromatic nitrogens is 2. The molecule has 90 valence electrons. The van der Waals surface area contributed by atoms with Crippen molar-refractivity contribution in [2.45, 2.75) is 13.0 Å². The van der Waals surface area contributed by atoms with Crippen LogP contribution in [0, 0.1) is 18.6 Å². The second-order valence-corrected chi connectivity index (χ2v) is 3.98. The second kappa shape index (κ2) is 4.25. The predicted octanol–water partition coefficient (Wildman–Crippen LogP) is 2.05. The number of aryl methyl sites for hydroxylation is 2. The van der Waals surface area contributed by atoms with Crippen molar-refractivity contribution in [3.63, 3.8) is 0 Å². The molecule has 17 heavy (non-hydrogen) atoms. The van der Waals surface area contributed by atoms with Crippen LogP contribution in [-0.2, 0) is 7.05 Å². The fraction of sp³-hybridized carbons (Fsp3) is 0.250. The van der Waals surface area contributed by atoms with Crippen LogP contribution >= 0.6 is 0 Å². The molecule has 3 nitrogen and oxygen atoms in total. The predicted molar refractivity (Wildman–Crippen MR) is 60.3 cm³/mol. The van der Waals surface area contributed by atoms with Crippen LogP contribution in [0.25, 0.3) is 0 Å². The van der Waals surface area contributed by atoms with E-state index in [2.05, 4.69) is 5.10 Å². The number of hydrogen-bond donors (Lipinski definition) is 1. The highest BCUT2D eigenvalue weighted by Gasteiger charge is 2.18. The first-order valence-corrected chi connectivity index (χ1v) is 5.19. The van der Waals surface area contributed by atoms with Crippen molar-refractivity contribution in [3.05, 3.63) is 52.9 Å². The van der Waals surface area contributed by atoms with Crippen LogP contribution in [0.1, 0.15) is 22.9 Å². The van der Waals surface area contributed by atoms with Crippen molar-refractivity contribution in [1.82, 2.24) is 9.78 Å². The zero-order chi connectivity index (χ0) is 12.6. The third-order valence-corrected chi connectivity index (χ3v) is 2.79. The molecule has 0 aliphatic heterocycles. The standard InChI is InChI=1S/C12H13F2N3/c1-7-5-8(10(14)6-9(7)13)12(15)11-3-4-16-17(11)2/h3-6,12H,15H2,1-2H3. The van der Waals surface area contributed by atoms with E-state index >= 15 is 0 Å². The van der Waals surface area contributed by atoms with Crippen LogP contribution < -0.4 is 5.73 Å². The maximum atomic E-state index is 13.7. The van der Waals surface area contributed by atoms with Crippen LogP contribution in [0.2, 0.25) is 0 Å². The minimum Gasteiger partial charge on any atom is -0.319 e. The summed E-state index contributed by atoms with van der Waals surface area (Å²) < 4.78 is 28.4. The molecule has 0 radical (unpaired) electrons. The van der Waals surface area contributed by atoms with Crippen LogP contribution in [0.4, 0.5) is 8.78 Å². The first-order valence-electron chi connectivity index (χ1n) is 5.19. The van der Waals surface area contributed by atoms with E-state index < -0.39 is 17.7 Å². The van der Waals surface area contributed by atoms with E-state index in [1.165, 1.54) is 6.07 Å². The monoisotopic (exact) mass is 237 g/mol. The minimum absolute atomic E-state index is 0.271. The smallest absolute Gasteiger partial charge is 0.131 e. The van der Waals surface area contributed by atoms with Crippen LogP contribution in [0.15, 0.2) is 24.4 Å². The fourth-order valence-corrected chi connectivity index (χ4v) is 1.77. The highest BCUT2D eigenvalue weighted by Crippen LogP contribution is 2.24. The van der Waals surface area contributed by atoms with Crippen molar-refractivity contribution < 1.29 is 8.78 Å². The molecule has 0 aliphatic carbocycles. The van der Waals surface area contributed by atoms with Gasteiger partial charge >= 0.3 is 0 Å². The normalized spacial score (nSPS) is 12.8. The Bertz CT molecular complexity index is 549. The van der Waals surface area contributed by atoms with E-state index in [0.29, 0.717) is 11.3 Å².